The molecule has 0 aliphatic carbocycles. The minimum absolute atomic E-state index is 0.0119. The first-order valence-corrected chi connectivity index (χ1v) is 6.93. The quantitative estimate of drug-likeness (QED) is 0.897. The summed E-state index contributed by atoms with van der Waals surface area (Å²) in [7, 11) is 1.65. The first kappa shape index (κ1) is 13.6. The van der Waals surface area contributed by atoms with Gasteiger partial charge in [0, 0.05) is 10.4 Å². The lowest BCUT2D eigenvalue weighted by molar-refractivity contribution is -0.137. The highest BCUT2D eigenvalue weighted by Crippen LogP contribution is 2.35. The predicted molar refractivity (Wildman–Crippen MR) is 77.0 cm³/mol. The Morgan fingerprint density at radius 1 is 1.42 bits per heavy atom. The minimum atomic E-state index is -0.777. The van der Waals surface area contributed by atoms with E-state index < -0.39 is 5.97 Å². The molecule has 0 bridgehead atoms. The highest BCUT2D eigenvalue weighted by Gasteiger charge is 2.14. The third-order valence-electron chi connectivity index (χ3n) is 3.06. The van der Waals surface area contributed by atoms with Crippen molar-refractivity contribution in [3.8, 4) is 16.2 Å². The summed E-state index contributed by atoms with van der Waals surface area (Å²) in [4.78, 5) is 11.9. The smallest absolute Gasteiger partial charge is 0.303 e. The van der Waals surface area contributed by atoms with Gasteiger partial charge in [0.15, 0.2) is 0 Å². The zero-order valence-corrected chi connectivity index (χ0v) is 11.7. The van der Waals surface area contributed by atoms with Crippen LogP contribution in [0.3, 0.4) is 0 Å². The average molecular weight is 276 g/mol. The zero-order valence-electron chi connectivity index (χ0n) is 10.9. The van der Waals surface area contributed by atoms with Crippen LogP contribution in [0.2, 0.25) is 0 Å². The molecule has 1 aromatic carbocycles. The Morgan fingerprint density at radius 3 is 2.79 bits per heavy atom. The number of carboxylic acid groups (broad SMARTS) is 1. The van der Waals surface area contributed by atoms with Crippen molar-refractivity contribution in [1.82, 2.24) is 0 Å². The molecule has 3 nitrogen and oxygen atoms in total. The largest absolute Gasteiger partial charge is 0.496 e. The second-order valence-electron chi connectivity index (χ2n) is 4.44. The maximum Gasteiger partial charge on any atom is 0.303 e. The number of carboxylic acids is 1. The van der Waals surface area contributed by atoms with Gasteiger partial charge in [0.25, 0.3) is 0 Å². The third kappa shape index (κ3) is 3.15. The van der Waals surface area contributed by atoms with Gasteiger partial charge in [-0.15, -0.1) is 11.3 Å². The van der Waals surface area contributed by atoms with Crippen molar-refractivity contribution < 1.29 is 14.6 Å². The lowest BCUT2D eigenvalue weighted by Gasteiger charge is -2.13. The number of methoxy groups -OCH3 is 1. The Balaban J connectivity index is 2.38. The number of carbonyl (C=O) groups is 1. The van der Waals surface area contributed by atoms with Crippen molar-refractivity contribution in [2.24, 2.45) is 0 Å². The molecule has 0 radical (unpaired) electrons. The second-order valence-corrected chi connectivity index (χ2v) is 5.38. The average Bonchev–Trinajstić information content (AvgIpc) is 2.91. The van der Waals surface area contributed by atoms with E-state index >= 15 is 0 Å². The van der Waals surface area contributed by atoms with E-state index in [2.05, 4.69) is 0 Å². The van der Waals surface area contributed by atoms with Crippen LogP contribution in [-0.4, -0.2) is 18.2 Å². The van der Waals surface area contributed by atoms with Crippen molar-refractivity contribution >= 4 is 17.3 Å². The van der Waals surface area contributed by atoms with Crippen LogP contribution in [-0.2, 0) is 4.79 Å². The zero-order chi connectivity index (χ0) is 13.8. The van der Waals surface area contributed by atoms with E-state index in [9.17, 15) is 4.79 Å². The minimum Gasteiger partial charge on any atom is -0.496 e. The van der Waals surface area contributed by atoms with Gasteiger partial charge in [-0.25, -0.2) is 0 Å². The molecule has 1 heterocycles. The summed E-state index contributed by atoms with van der Waals surface area (Å²) in [5.74, 6) is 0.0248. The van der Waals surface area contributed by atoms with Crippen molar-refractivity contribution in [3.63, 3.8) is 0 Å². The Hall–Kier alpha value is -1.81. The molecule has 1 N–H and O–H groups in total. The Labute approximate surface area is 116 Å². The van der Waals surface area contributed by atoms with Gasteiger partial charge in [0.05, 0.1) is 13.5 Å². The Bertz CT molecular complexity index is 561. The number of aliphatic carboxylic acids is 1. The van der Waals surface area contributed by atoms with E-state index in [1.54, 1.807) is 18.4 Å². The van der Waals surface area contributed by atoms with Gasteiger partial charge >= 0.3 is 5.97 Å². The van der Waals surface area contributed by atoms with Crippen LogP contribution in [0.4, 0.5) is 0 Å². The van der Waals surface area contributed by atoms with Crippen LogP contribution in [0.5, 0.6) is 5.75 Å². The van der Waals surface area contributed by atoms with Crippen molar-refractivity contribution in [2.45, 2.75) is 19.3 Å². The molecule has 0 amide bonds. The lowest BCUT2D eigenvalue weighted by Crippen LogP contribution is -2.03. The molecule has 1 aromatic heterocycles. The molecule has 2 rings (SSSR count). The summed E-state index contributed by atoms with van der Waals surface area (Å²) in [5.41, 5.74) is 2.04. The summed E-state index contributed by atoms with van der Waals surface area (Å²) in [6.45, 7) is 1.92. The van der Waals surface area contributed by atoms with Gasteiger partial charge in [-0.1, -0.05) is 19.1 Å². The number of hydrogen-bond acceptors (Lipinski definition) is 3. The van der Waals surface area contributed by atoms with Crippen LogP contribution in [0.25, 0.3) is 10.4 Å². The first-order chi connectivity index (χ1) is 9.11. The maximum atomic E-state index is 10.8. The van der Waals surface area contributed by atoms with Gasteiger partial charge < -0.3 is 9.84 Å². The molecular formula is C15H16O3S. The molecule has 4 heteroatoms. The molecular weight excluding hydrogens is 260 g/mol. The second kappa shape index (κ2) is 5.89. The summed E-state index contributed by atoms with van der Waals surface area (Å²) < 4.78 is 5.38. The molecule has 0 aliphatic rings. The number of thiophene rings is 1. The molecule has 0 fully saturated rings. The molecule has 100 valence electrons. The Morgan fingerprint density at radius 2 is 2.21 bits per heavy atom. The van der Waals surface area contributed by atoms with E-state index in [1.807, 2.05) is 42.6 Å². The SMILES string of the molecule is COc1ccc(C(C)CC(=O)O)cc1-c1cccs1. The summed E-state index contributed by atoms with van der Waals surface area (Å²) >= 11 is 1.64. The number of hydrogen-bond donors (Lipinski definition) is 1. The molecule has 2 aromatic rings. The topological polar surface area (TPSA) is 46.5 Å². The normalized spacial score (nSPS) is 12.1. The molecule has 0 saturated heterocycles. The summed E-state index contributed by atoms with van der Waals surface area (Å²) in [6, 6.07) is 9.89. The van der Waals surface area contributed by atoms with Crippen LogP contribution >= 0.6 is 11.3 Å². The number of rotatable bonds is 5. The summed E-state index contributed by atoms with van der Waals surface area (Å²) in [6.07, 6.45) is 0.135. The molecule has 0 saturated carbocycles. The molecule has 0 aliphatic heterocycles. The van der Waals surface area contributed by atoms with E-state index in [-0.39, 0.29) is 12.3 Å². The predicted octanol–water partition coefficient (Wildman–Crippen LogP) is 4.00. The van der Waals surface area contributed by atoms with E-state index in [4.69, 9.17) is 9.84 Å². The number of benzene rings is 1. The third-order valence-corrected chi connectivity index (χ3v) is 3.96. The van der Waals surface area contributed by atoms with E-state index in [0.29, 0.717) is 0 Å². The summed E-state index contributed by atoms with van der Waals surface area (Å²) in [5, 5.41) is 10.9. The highest BCUT2D eigenvalue weighted by molar-refractivity contribution is 7.13. The van der Waals surface area contributed by atoms with Crippen LogP contribution in [0.15, 0.2) is 35.7 Å². The van der Waals surface area contributed by atoms with Crippen LogP contribution < -0.4 is 4.74 Å². The standard InChI is InChI=1S/C15H16O3S/c1-10(8-15(16)17)11-5-6-13(18-2)12(9-11)14-4-3-7-19-14/h3-7,9-10H,8H2,1-2H3,(H,16,17). The highest BCUT2D eigenvalue weighted by atomic mass is 32.1. The first-order valence-electron chi connectivity index (χ1n) is 6.05. The van der Waals surface area contributed by atoms with Gasteiger partial charge in [0.2, 0.25) is 0 Å². The van der Waals surface area contributed by atoms with E-state index in [0.717, 1.165) is 21.8 Å². The molecule has 1 unspecified atom stereocenters. The van der Waals surface area contributed by atoms with Crippen molar-refractivity contribution in [1.29, 1.82) is 0 Å². The van der Waals surface area contributed by atoms with E-state index in [1.165, 1.54) is 0 Å². The Kier molecular flexibility index (Phi) is 4.22. The van der Waals surface area contributed by atoms with Crippen LogP contribution in [0.1, 0.15) is 24.8 Å². The molecule has 19 heavy (non-hydrogen) atoms. The monoisotopic (exact) mass is 276 g/mol. The van der Waals surface area contributed by atoms with Crippen molar-refractivity contribution in [3.05, 3.63) is 41.3 Å². The fourth-order valence-corrected chi connectivity index (χ4v) is 2.78. The molecule has 1 atom stereocenters. The maximum absolute atomic E-state index is 10.8. The molecule has 0 spiro atoms. The fraction of sp³-hybridized carbons (Fsp3) is 0.267. The van der Waals surface area contributed by atoms with Gasteiger partial charge in [-0.3, -0.25) is 4.79 Å². The van der Waals surface area contributed by atoms with Gasteiger partial charge in [-0.2, -0.15) is 0 Å². The van der Waals surface area contributed by atoms with Gasteiger partial charge in [-0.05, 0) is 35.1 Å². The fourth-order valence-electron chi connectivity index (χ4n) is 2.04. The number of ether oxygens (including phenoxy) is 1. The van der Waals surface area contributed by atoms with Crippen molar-refractivity contribution in [2.75, 3.05) is 7.11 Å². The van der Waals surface area contributed by atoms with Crippen LogP contribution in [0, 0.1) is 0 Å². The lowest BCUT2D eigenvalue weighted by atomic mass is 9.95. The van der Waals surface area contributed by atoms with Gasteiger partial charge in [0.1, 0.15) is 5.75 Å².